The van der Waals surface area contributed by atoms with E-state index in [-0.39, 0.29) is 13.2 Å². The molecule has 4 rings (SSSR count). The highest BCUT2D eigenvalue weighted by Crippen LogP contribution is 2.32. The maximum Gasteiger partial charge on any atom is 0.332 e. The van der Waals surface area contributed by atoms with Crippen molar-refractivity contribution in [3.05, 3.63) is 50.4 Å². The van der Waals surface area contributed by atoms with Crippen LogP contribution in [0.3, 0.4) is 0 Å². The summed E-state index contributed by atoms with van der Waals surface area (Å²) in [7, 11) is 6.32. The van der Waals surface area contributed by atoms with Crippen molar-refractivity contribution in [1.29, 1.82) is 0 Å². The largest absolute Gasteiger partial charge is 0.497 e. The molecule has 0 saturated heterocycles. The molecule has 0 aliphatic carbocycles. The minimum Gasteiger partial charge on any atom is -0.497 e. The Kier molecular flexibility index (Phi) is 5.10. The number of benzene rings is 1. The van der Waals surface area contributed by atoms with E-state index in [1.807, 2.05) is 36.6 Å². The summed E-state index contributed by atoms with van der Waals surface area (Å²) in [5.74, 6) is 1.79. The first kappa shape index (κ1) is 20.7. The van der Waals surface area contributed by atoms with E-state index in [9.17, 15) is 9.59 Å². The van der Waals surface area contributed by atoms with Crippen LogP contribution in [-0.4, -0.2) is 51.0 Å². The Bertz CT molecular complexity index is 1420. The van der Waals surface area contributed by atoms with E-state index in [1.165, 1.54) is 16.2 Å². The second kappa shape index (κ2) is 7.62. The lowest BCUT2D eigenvalue weighted by molar-refractivity contribution is 0.184. The number of hydrogen-bond donors (Lipinski definition) is 0. The molecule has 0 bridgehead atoms. The number of fused-ring (bicyclic) bond motifs is 3. The minimum atomic E-state index is -0.435. The van der Waals surface area contributed by atoms with Crippen LogP contribution in [0.15, 0.2) is 27.8 Å². The van der Waals surface area contributed by atoms with Gasteiger partial charge in [-0.15, -0.1) is 0 Å². The molecule has 0 spiro atoms. The molecule has 10 heteroatoms. The van der Waals surface area contributed by atoms with Crippen LogP contribution < -0.4 is 20.7 Å². The number of aromatic nitrogens is 5. The lowest BCUT2D eigenvalue weighted by Gasteiger charge is -2.13. The molecule has 0 amide bonds. The summed E-state index contributed by atoms with van der Waals surface area (Å²) in [5.41, 5.74) is 2.25. The van der Waals surface area contributed by atoms with E-state index >= 15 is 0 Å². The van der Waals surface area contributed by atoms with Crippen molar-refractivity contribution in [3.63, 3.8) is 0 Å². The zero-order chi connectivity index (χ0) is 22.4. The zero-order valence-electron chi connectivity index (χ0n) is 18.4. The highest BCUT2D eigenvalue weighted by molar-refractivity contribution is 5.77. The van der Waals surface area contributed by atoms with Crippen LogP contribution in [-0.2, 0) is 18.3 Å². The van der Waals surface area contributed by atoms with E-state index in [1.54, 1.807) is 25.7 Å². The minimum absolute atomic E-state index is 0.160. The number of nitrogens with zero attached hydrogens (tertiary/aromatic N) is 5. The smallest absolute Gasteiger partial charge is 0.332 e. The number of hydrogen-bond acceptors (Lipinski definition) is 6. The average Bonchev–Trinajstić information content (AvgIpc) is 3.27. The molecule has 10 nitrogen and oxygen atoms in total. The number of ether oxygens (including phenoxy) is 3. The Hall–Kier alpha value is -3.53. The first-order valence-corrected chi connectivity index (χ1v) is 9.76. The number of imidazole rings is 2. The third-order valence-electron chi connectivity index (χ3n) is 5.66. The molecule has 0 aliphatic heterocycles. The highest BCUT2D eigenvalue weighted by Gasteiger charge is 2.24. The molecule has 3 aromatic heterocycles. The molecule has 3 heterocycles. The van der Waals surface area contributed by atoms with Gasteiger partial charge in [-0.2, -0.15) is 4.98 Å². The molecule has 31 heavy (non-hydrogen) atoms. The molecular weight excluding hydrogens is 402 g/mol. The Morgan fingerprint density at radius 3 is 2.42 bits per heavy atom. The predicted molar refractivity (Wildman–Crippen MR) is 116 cm³/mol. The molecule has 164 valence electrons. The van der Waals surface area contributed by atoms with E-state index in [0.717, 1.165) is 17.1 Å². The first-order valence-electron chi connectivity index (χ1n) is 9.76. The predicted octanol–water partition coefficient (Wildman–Crippen LogP) is 1.42. The summed E-state index contributed by atoms with van der Waals surface area (Å²) in [4.78, 5) is 30.8. The molecule has 0 unspecified atom stereocenters. The van der Waals surface area contributed by atoms with Crippen molar-refractivity contribution in [2.45, 2.75) is 20.4 Å². The Labute approximate surface area is 177 Å². The van der Waals surface area contributed by atoms with Crippen molar-refractivity contribution >= 4 is 16.9 Å². The van der Waals surface area contributed by atoms with Crippen molar-refractivity contribution in [2.24, 2.45) is 7.05 Å². The van der Waals surface area contributed by atoms with Crippen LogP contribution in [0.1, 0.15) is 11.4 Å². The fourth-order valence-corrected chi connectivity index (χ4v) is 3.89. The highest BCUT2D eigenvalue weighted by atomic mass is 16.5. The summed E-state index contributed by atoms with van der Waals surface area (Å²) in [6.45, 7) is 4.27. The molecule has 0 N–H and O–H groups in total. The van der Waals surface area contributed by atoms with Crippen LogP contribution in [0.4, 0.5) is 0 Å². The van der Waals surface area contributed by atoms with Gasteiger partial charge in [-0.05, 0) is 26.0 Å². The quantitative estimate of drug-likeness (QED) is 0.462. The van der Waals surface area contributed by atoms with Gasteiger partial charge in [0.2, 0.25) is 5.78 Å². The molecule has 0 aliphatic rings. The number of aryl methyl sites for hydroxylation is 2. The van der Waals surface area contributed by atoms with E-state index in [4.69, 9.17) is 19.2 Å². The monoisotopic (exact) mass is 427 g/mol. The Morgan fingerprint density at radius 2 is 1.77 bits per heavy atom. The standard InChI is InChI=1S/C21H25N5O5/c1-12-13(2)26-17-18(23(3)21(28)24(19(17)27)9-10-29-4)22-20(26)25(12)15-11-14(30-5)7-8-16(15)31-6/h7-8,11H,9-10H2,1-6H3. The fourth-order valence-electron chi connectivity index (χ4n) is 3.89. The summed E-state index contributed by atoms with van der Waals surface area (Å²) >= 11 is 0. The van der Waals surface area contributed by atoms with Gasteiger partial charge in [-0.3, -0.25) is 22.9 Å². The van der Waals surface area contributed by atoms with Gasteiger partial charge in [-0.25, -0.2) is 4.79 Å². The molecular formula is C21H25N5O5. The third kappa shape index (κ3) is 2.94. The summed E-state index contributed by atoms with van der Waals surface area (Å²) in [5, 5.41) is 0. The van der Waals surface area contributed by atoms with Crippen molar-refractivity contribution in [2.75, 3.05) is 27.9 Å². The maximum atomic E-state index is 13.3. The van der Waals surface area contributed by atoms with Gasteiger partial charge in [0.15, 0.2) is 11.2 Å². The van der Waals surface area contributed by atoms with Crippen molar-refractivity contribution < 1.29 is 14.2 Å². The van der Waals surface area contributed by atoms with Crippen molar-refractivity contribution in [1.82, 2.24) is 23.1 Å². The normalized spacial score (nSPS) is 11.5. The molecule has 0 atom stereocenters. The van der Waals surface area contributed by atoms with Crippen molar-refractivity contribution in [3.8, 4) is 17.2 Å². The SMILES string of the molecule is COCCn1c(=O)c2c(nc3n(-c4cc(OC)ccc4OC)c(C)c(C)n23)n(C)c1=O. The van der Waals surface area contributed by atoms with E-state index in [2.05, 4.69) is 0 Å². The topological polar surface area (TPSA) is 93.9 Å². The first-order chi connectivity index (χ1) is 14.8. The van der Waals surface area contributed by atoms with Crippen LogP contribution in [0.5, 0.6) is 11.5 Å². The van der Waals surface area contributed by atoms with Gasteiger partial charge in [0.25, 0.3) is 5.56 Å². The van der Waals surface area contributed by atoms with Crippen LogP contribution in [0, 0.1) is 13.8 Å². The Morgan fingerprint density at radius 1 is 1.03 bits per heavy atom. The van der Waals surface area contributed by atoms with Crippen LogP contribution in [0.2, 0.25) is 0 Å². The van der Waals surface area contributed by atoms with Gasteiger partial charge < -0.3 is 14.2 Å². The van der Waals surface area contributed by atoms with E-state index in [0.29, 0.717) is 28.4 Å². The summed E-state index contributed by atoms with van der Waals surface area (Å²) in [6.07, 6.45) is 0. The Balaban J connectivity index is 2.15. The van der Waals surface area contributed by atoms with Crippen LogP contribution in [0.25, 0.3) is 22.6 Å². The van der Waals surface area contributed by atoms with E-state index < -0.39 is 11.2 Å². The van der Waals surface area contributed by atoms with Gasteiger partial charge in [0.05, 0.1) is 33.1 Å². The van der Waals surface area contributed by atoms with Gasteiger partial charge in [-0.1, -0.05) is 0 Å². The fraction of sp³-hybridized carbons (Fsp3) is 0.381. The molecule has 1 aromatic carbocycles. The molecule has 0 radical (unpaired) electrons. The molecule has 0 saturated carbocycles. The third-order valence-corrected chi connectivity index (χ3v) is 5.66. The van der Waals surface area contributed by atoms with Gasteiger partial charge in [0.1, 0.15) is 11.5 Å². The lowest BCUT2D eigenvalue weighted by atomic mass is 10.2. The molecule has 0 fully saturated rings. The number of rotatable bonds is 6. The van der Waals surface area contributed by atoms with Crippen LogP contribution >= 0.6 is 0 Å². The molecule has 4 aromatic rings. The average molecular weight is 427 g/mol. The second-order valence-electron chi connectivity index (χ2n) is 7.25. The number of methoxy groups -OCH3 is 3. The zero-order valence-corrected chi connectivity index (χ0v) is 18.4. The van der Waals surface area contributed by atoms with Gasteiger partial charge >= 0.3 is 5.69 Å². The summed E-state index contributed by atoms with van der Waals surface area (Å²) in [6, 6.07) is 5.47. The van der Waals surface area contributed by atoms with Gasteiger partial charge in [0, 0.05) is 31.6 Å². The maximum absolute atomic E-state index is 13.3. The lowest BCUT2D eigenvalue weighted by Crippen LogP contribution is -2.40. The summed E-state index contributed by atoms with van der Waals surface area (Å²) < 4.78 is 22.3. The second-order valence-corrected chi connectivity index (χ2v) is 7.25.